The topological polar surface area (TPSA) is 177 Å². The molecule has 2 aliphatic rings. The van der Waals surface area contributed by atoms with Crippen LogP contribution in [0, 0.1) is 11.8 Å². The quantitative estimate of drug-likeness (QED) is 0.136. The minimum Gasteiger partial charge on any atom is -0.465 e. The number of alkyl carbamates (subject to hydrolysis) is 1. The molecule has 2 aromatic heterocycles. The number of methoxy groups -OCH3 is 1. The van der Waals surface area contributed by atoms with Gasteiger partial charge in [0.2, 0.25) is 11.8 Å². The second-order valence-electron chi connectivity index (χ2n) is 15.1. The third-order valence-corrected chi connectivity index (χ3v) is 10.6. The standard InChI is InChI=1S/C40H48F2N8O6/c1-21(2)33(47-39(53)56-6)37(51)49-19-27(41)15-31(49)35-43-17-29(45-35)25-11-7-23(8-12-25)24-9-13-26(14-10-24)30-18-44-36(46-30)32-16-28(42)20-50(32)38(52)34(22(3)4)48(5)40(54)55/h7-14,17-18,21-22,27-28,31-34H,15-16,19-20H2,1-6H3,(H,43,45)(H,44,46)(H,47,53)(H,54,55)/t27-,28-,31+,32+,33+,34+/m1/s1. The van der Waals surface area contributed by atoms with E-state index in [9.17, 15) is 33.1 Å². The Morgan fingerprint density at radius 2 is 1.20 bits per heavy atom. The molecule has 4 heterocycles. The maximum absolute atomic E-state index is 14.7. The Kier molecular flexibility index (Phi) is 11.8. The van der Waals surface area contributed by atoms with E-state index in [0.29, 0.717) is 23.0 Å². The summed E-state index contributed by atoms with van der Waals surface area (Å²) in [5.74, 6) is -0.532. The Hall–Kier alpha value is -5.80. The number of likely N-dealkylation sites (tertiary alicyclic amines) is 2. The van der Waals surface area contributed by atoms with Crippen LogP contribution in [0.2, 0.25) is 0 Å². The van der Waals surface area contributed by atoms with Crippen LogP contribution in [0.4, 0.5) is 18.4 Å². The van der Waals surface area contributed by atoms with Gasteiger partial charge >= 0.3 is 12.2 Å². The third-order valence-electron chi connectivity index (χ3n) is 10.6. The van der Waals surface area contributed by atoms with Crippen molar-refractivity contribution in [1.29, 1.82) is 0 Å². The molecule has 0 bridgehead atoms. The molecule has 2 saturated heterocycles. The van der Waals surface area contributed by atoms with Crippen molar-refractivity contribution in [2.24, 2.45) is 11.8 Å². The number of benzene rings is 2. The molecule has 0 saturated carbocycles. The molecule has 4 amide bonds. The van der Waals surface area contributed by atoms with Crippen LogP contribution in [0.15, 0.2) is 60.9 Å². The van der Waals surface area contributed by atoms with Crippen LogP contribution < -0.4 is 5.32 Å². The zero-order valence-corrected chi connectivity index (χ0v) is 32.2. The Balaban J connectivity index is 1.13. The second-order valence-corrected chi connectivity index (χ2v) is 15.1. The average Bonchev–Trinajstić information content (AvgIpc) is 4.00. The van der Waals surface area contributed by atoms with Gasteiger partial charge in [0.15, 0.2) is 0 Å². The molecule has 14 nitrogen and oxygen atoms in total. The molecule has 298 valence electrons. The normalized spacial score (nSPS) is 20.7. The summed E-state index contributed by atoms with van der Waals surface area (Å²) in [5.41, 5.74) is 4.98. The van der Waals surface area contributed by atoms with Crippen LogP contribution in [0.1, 0.15) is 64.3 Å². The molecular weight excluding hydrogens is 726 g/mol. The van der Waals surface area contributed by atoms with Gasteiger partial charge in [0.25, 0.3) is 0 Å². The van der Waals surface area contributed by atoms with E-state index in [1.807, 2.05) is 48.5 Å². The maximum atomic E-state index is 14.7. The van der Waals surface area contributed by atoms with Crippen LogP contribution >= 0.6 is 0 Å². The van der Waals surface area contributed by atoms with Crippen molar-refractivity contribution in [3.05, 3.63) is 72.6 Å². The molecule has 2 fully saturated rings. The maximum Gasteiger partial charge on any atom is 0.407 e. The van der Waals surface area contributed by atoms with E-state index in [1.165, 1.54) is 24.0 Å². The van der Waals surface area contributed by atoms with Crippen molar-refractivity contribution < 1.29 is 37.8 Å². The smallest absolute Gasteiger partial charge is 0.407 e. The van der Waals surface area contributed by atoms with E-state index < -0.39 is 60.5 Å². The minimum atomic E-state index is -1.26. The SMILES string of the molecule is COC(=O)N[C@H](C(=O)N1C[C@H](F)C[C@H]1c1ncc(-c2ccc(-c3ccc(-c4cnc([C@@H]5C[C@@H](F)CN5C(=O)[C@H](C(C)C)N(C)C(=O)O)[nH]4)cc3)cc2)[nH]1)C(C)C. The number of hydrogen-bond acceptors (Lipinski definition) is 7. The average molecular weight is 775 g/mol. The largest absolute Gasteiger partial charge is 0.465 e. The number of carbonyl (C=O) groups excluding carboxylic acids is 3. The summed E-state index contributed by atoms with van der Waals surface area (Å²) in [6.07, 6.45) is -1.03. The molecule has 2 aliphatic heterocycles. The van der Waals surface area contributed by atoms with E-state index >= 15 is 0 Å². The Morgan fingerprint density at radius 3 is 1.59 bits per heavy atom. The molecule has 6 rings (SSSR count). The predicted molar refractivity (Wildman–Crippen MR) is 204 cm³/mol. The van der Waals surface area contributed by atoms with Gasteiger partial charge in [-0.05, 0) is 34.1 Å². The third kappa shape index (κ3) is 8.23. The van der Waals surface area contributed by atoms with E-state index in [0.717, 1.165) is 27.2 Å². The van der Waals surface area contributed by atoms with Crippen LogP contribution in [-0.4, -0.2) is 115 Å². The fourth-order valence-corrected chi connectivity index (χ4v) is 7.63. The number of ether oxygens (including phenoxy) is 1. The van der Waals surface area contributed by atoms with Crippen molar-refractivity contribution in [1.82, 2.24) is 40.0 Å². The number of likely N-dealkylation sites (N-methyl/N-ethyl adjacent to an activating group) is 1. The molecule has 0 spiro atoms. The number of aromatic nitrogens is 4. The number of amides is 4. The Labute approximate surface area is 323 Å². The predicted octanol–water partition coefficient (Wildman–Crippen LogP) is 6.37. The first-order valence-corrected chi connectivity index (χ1v) is 18.7. The number of rotatable bonds is 11. The number of nitrogens with zero attached hydrogens (tertiary/aromatic N) is 5. The van der Waals surface area contributed by atoms with Crippen LogP contribution in [0.3, 0.4) is 0 Å². The number of aromatic amines is 2. The van der Waals surface area contributed by atoms with Crippen LogP contribution in [0.25, 0.3) is 33.6 Å². The summed E-state index contributed by atoms with van der Waals surface area (Å²) < 4.78 is 34.2. The summed E-state index contributed by atoms with van der Waals surface area (Å²) >= 11 is 0. The summed E-state index contributed by atoms with van der Waals surface area (Å²) in [6.45, 7) is 6.87. The number of carboxylic acid groups (broad SMARTS) is 1. The summed E-state index contributed by atoms with van der Waals surface area (Å²) in [7, 11) is 2.57. The molecule has 0 aliphatic carbocycles. The highest BCUT2D eigenvalue weighted by molar-refractivity contribution is 5.87. The van der Waals surface area contributed by atoms with Gasteiger partial charge in [0.05, 0.1) is 56.1 Å². The molecule has 16 heteroatoms. The number of halogens is 2. The molecule has 4 N–H and O–H groups in total. The fourth-order valence-electron chi connectivity index (χ4n) is 7.63. The van der Waals surface area contributed by atoms with Crippen LogP contribution in [0.5, 0.6) is 0 Å². The number of nitrogens with one attached hydrogen (secondary N) is 3. The number of imidazole rings is 2. The van der Waals surface area contributed by atoms with E-state index in [2.05, 4.69) is 30.0 Å². The van der Waals surface area contributed by atoms with E-state index in [4.69, 9.17) is 0 Å². The van der Waals surface area contributed by atoms with Crippen LogP contribution in [-0.2, 0) is 14.3 Å². The lowest BCUT2D eigenvalue weighted by molar-refractivity contribution is -0.139. The highest BCUT2D eigenvalue weighted by Crippen LogP contribution is 2.37. The van der Waals surface area contributed by atoms with Gasteiger partial charge in [-0.25, -0.2) is 28.3 Å². The molecular formula is C40H48F2N8O6. The summed E-state index contributed by atoms with van der Waals surface area (Å²) in [5, 5.41) is 12.1. The molecule has 6 atom stereocenters. The second kappa shape index (κ2) is 16.5. The van der Waals surface area contributed by atoms with E-state index in [1.54, 1.807) is 40.1 Å². The first-order chi connectivity index (χ1) is 26.7. The number of hydrogen-bond donors (Lipinski definition) is 4. The molecule has 0 radical (unpaired) electrons. The van der Waals surface area contributed by atoms with Crippen molar-refractivity contribution in [2.75, 3.05) is 27.2 Å². The monoisotopic (exact) mass is 774 g/mol. The van der Waals surface area contributed by atoms with Gasteiger partial charge in [0, 0.05) is 19.9 Å². The molecule has 56 heavy (non-hydrogen) atoms. The lowest BCUT2D eigenvalue weighted by Gasteiger charge is -2.33. The summed E-state index contributed by atoms with van der Waals surface area (Å²) in [4.78, 5) is 70.0. The van der Waals surface area contributed by atoms with E-state index in [-0.39, 0.29) is 37.8 Å². The first kappa shape index (κ1) is 39.9. The van der Waals surface area contributed by atoms with Gasteiger partial charge in [0.1, 0.15) is 36.1 Å². The minimum absolute atomic E-state index is 0.0563. The lowest BCUT2D eigenvalue weighted by Crippen LogP contribution is -2.51. The van der Waals surface area contributed by atoms with Crippen molar-refractivity contribution in [3.8, 4) is 33.6 Å². The van der Waals surface area contributed by atoms with Gasteiger partial charge in [-0.1, -0.05) is 76.2 Å². The molecule has 2 aromatic carbocycles. The highest BCUT2D eigenvalue weighted by Gasteiger charge is 2.44. The van der Waals surface area contributed by atoms with Gasteiger partial charge < -0.3 is 34.9 Å². The van der Waals surface area contributed by atoms with Crippen molar-refractivity contribution >= 4 is 24.0 Å². The Morgan fingerprint density at radius 1 is 0.768 bits per heavy atom. The van der Waals surface area contributed by atoms with Gasteiger partial charge in [-0.3, -0.25) is 14.5 Å². The van der Waals surface area contributed by atoms with Crippen molar-refractivity contribution in [3.63, 3.8) is 0 Å². The molecule has 4 aromatic rings. The highest BCUT2D eigenvalue weighted by atomic mass is 19.1. The van der Waals surface area contributed by atoms with Crippen molar-refractivity contribution in [2.45, 2.75) is 77.0 Å². The molecule has 0 unspecified atom stereocenters. The zero-order valence-electron chi connectivity index (χ0n) is 32.2. The number of H-pyrrole nitrogens is 2. The number of alkyl halides is 2. The van der Waals surface area contributed by atoms with Gasteiger partial charge in [-0.2, -0.15) is 0 Å². The zero-order chi connectivity index (χ0) is 40.4. The summed E-state index contributed by atoms with van der Waals surface area (Å²) in [6, 6.07) is 12.5. The lowest BCUT2D eigenvalue weighted by atomic mass is 10.0. The first-order valence-electron chi connectivity index (χ1n) is 18.7. The number of carbonyl (C=O) groups is 4. The fraction of sp³-hybridized carbons (Fsp3) is 0.450. The Bertz CT molecular complexity index is 2030. The van der Waals surface area contributed by atoms with Gasteiger partial charge in [-0.15, -0.1) is 0 Å².